The van der Waals surface area contributed by atoms with E-state index >= 15 is 0 Å². The van der Waals surface area contributed by atoms with Gasteiger partial charge in [0.15, 0.2) is 0 Å². The zero-order chi connectivity index (χ0) is 14.5. The third-order valence-electron chi connectivity index (χ3n) is 3.56. The molecule has 2 heterocycles. The number of aryl methyl sites for hydroxylation is 1. The molecule has 20 heavy (non-hydrogen) atoms. The number of piperidine rings is 1. The van der Waals surface area contributed by atoms with Gasteiger partial charge < -0.3 is 10.2 Å². The Bertz CT molecular complexity index is 475. The summed E-state index contributed by atoms with van der Waals surface area (Å²) in [6.45, 7) is 8.64. The Labute approximate surface area is 120 Å². The summed E-state index contributed by atoms with van der Waals surface area (Å²) in [6, 6.07) is 1.77. The summed E-state index contributed by atoms with van der Waals surface area (Å²) in [6.07, 6.45) is 3.31. The van der Waals surface area contributed by atoms with Crippen LogP contribution in [0.1, 0.15) is 49.4 Å². The third kappa shape index (κ3) is 3.68. The molecule has 0 radical (unpaired) electrons. The molecule has 1 aliphatic rings. The number of hydrogen-bond donors (Lipinski definition) is 1. The van der Waals surface area contributed by atoms with Gasteiger partial charge in [-0.3, -0.25) is 4.79 Å². The SMILES string of the molecule is CCCNc1cc(C(=O)N2CCCC(C)C2)nc(C)n1. The fourth-order valence-corrected chi connectivity index (χ4v) is 2.56. The van der Waals surface area contributed by atoms with Crippen LogP contribution in [0.25, 0.3) is 0 Å². The van der Waals surface area contributed by atoms with Gasteiger partial charge in [-0.2, -0.15) is 0 Å². The molecule has 1 aromatic rings. The van der Waals surface area contributed by atoms with E-state index in [4.69, 9.17) is 0 Å². The van der Waals surface area contributed by atoms with Crippen molar-refractivity contribution in [2.75, 3.05) is 25.0 Å². The standard InChI is InChI=1S/C15H24N4O/c1-4-7-16-14-9-13(17-12(3)18-14)15(20)19-8-5-6-11(2)10-19/h9,11H,4-8,10H2,1-3H3,(H,16,17,18). The van der Waals surface area contributed by atoms with Crippen LogP contribution in [0.15, 0.2) is 6.07 Å². The van der Waals surface area contributed by atoms with Crippen molar-refractivity contribution in [2.24, 2.45) is 5.92 Å². The fourth-order valence-electron chi connectivity index (χ4n) is 2.56. The summed E-state index contributed by atoms with van der Waals surface area (Å²) in [7, 11) is 0. The molecule has 2 rings (SSSR count). The molecule has 0 aromatic carbocycles. The Balaban J connectivity index is 2.14. The highest BCUT2D eigenvalue weighted by atomic mass is 16.2. The summed E-state index contributed by atoms with van der Waals surface area (Å²) in [5.41, 5.74) is 0.505. The zero-order valence-electron chi connectivity index (χ0n) is 12.6. The largest absolute Gasteiger partial charge is 0.370 e. The maximum absolute atomic E-state index is 12.5. The van der Waals surface area contributed by atoms with Crippen LogP contribution in [0.3, 0.4) is 0 Å². The van der Waals surface area contributed by atoms with Gasteiger partial charge in [0.05, 0.1) is 0 Å². The second-order valence-corrected chi connectivity index (χ2v) is 5.61. The van der Waals surface area contributed by atoms with Crippen LogP contribution >= 0.6 is 0 Å². The molecule has 110 valence electrons. The predicted octanol–water partition coefficient (Wildman–Crippen LogP) is 2.48. The highest BCUT2D eigenvalue weighted by Crippen LogP contribution is 2.18. The molecule has 5 nitrogen and oxygen atoms in total. The minimum Gasteiger partial charge on any atom is -0.370 e. The third-order valence-corrected chi connectivity index (χ3v) is 3.56. The molecular formula is C15H24N4O. The lowest BCUT2D eigenvalue weighted by Gasteiger charge is -2.30. The number of hydrogen-bond acceptors (Lipinski definition) is 4. The number of anilines is 1. The normalized spacial score (nSPS) is 18.9. The Kier molecular flexibility index (Phi) is 4.93. The highest BCUT2D eigenvalue weighted by molar-refractivity contribution is 5.93. The number of nitrogens with zero attached hydrogens (tertiary/aromatic N) is 3. The lowest BCUT2D eigenvalue weighted by molar-refractivity contribution is 0.0676. The topological polar surface area (TPSA) is 58.1 Å². The second kappa shape index (κ2) is 6.68. The quantitative estimate of drug-likeness (QED) is 0.918. The van der Waals surface area contributed by atoms with Crippen molar-refractivity contribution in [1.82, 2.24) is 14.9 Å². The monoisotopic (exact) mass is 276 g/mol. The van der Waals surface area contributed by atoms with Crippen LogP contribution in [0.5, 0.6) is 0 Å². The van der Waals surface area contributed by atoms with Crippen molar-refractivity contribution >= 4 is 11.7 Å². The van der Waals surface area contributed by atoms with E-state index in [1.54, 1.807) is 6.07 Å². The van der Waals surface area contributed by atoms with E-state index in [-0.39, 0.29) is 5.91 Å². The highest BCUT2D eigenvalue weighted by Gasteiger charge is 2.23. The molecule has 1 amide bonds. The first-order chi connectivity index (χ1) is 9.60. The van der Waals surface area contributed by atoms with E-state index in [0.717, 1.165) is 38.3 Å². The molecule has 0 bridgehead atoms. The number of rotatable bonds is 4. The summed E-state index contributed by atoms with van der Waals surface area (Å²) >= 11 is 0. The fraction of sp³-hybridized carbons (Fsp3) is 0.667. The number of amides is 1. The molecule has 1 atom stereocenters. The van der Waals surface area contributed by atoms with Gasteiger partial charge in [-0.05, 0) is 32.1 Å². The van der Waals surface area contributed by atoms with E-state index in [0.29, 0.717) is 17.4 Å². The smallest absolute Gasteiger partial charge is 0.272 e. The average Bonchev–Trinajstić information content (AvgIpc) is 2.43. The van der Waals surface area contributed by atoms with E-state index < -0.39 is 0 Å². The van der Waals surface area contributed by atoms with Gasteiger partial charge in [0, 0.05) is 25.7 Å². The van der Waals surface area contributed by atoms with E-state index in [9.17, 15) is 4.79 Å². The van der Waals surface area contributed by atoms with Crippen molar-refractivity contribution in [3.05, 3.63) is 17.6 Å². The number of carbonyl (C=O) groups is 1. The molecule has 1 saturated heterocycles. The first-order valence-electron chi connectivity index (χ1n) is 7.49. The van der Waals surface area contributed by atoms with E-state index in [2.05, 4.69) is 29.1 Å². The molecule has 1 unspecified atom stereocenters. The first-order valence-corrected chi connectivity index (χ1v) is 7.49. The number of aromatic nitrogens is 2. The summed E-state index contributed by atoms with van der Waals surface area (Å²) < 4.78 is 0. The molecule has 0 spiro atoms. The minimum absolute atomic E-state index is 0.0293. The summed E-state index contributed by atoms with van der Waals surface area (Å²) in [4.78, 5) is 23.1. The summed E-state index contributed by atoms with van der Waals surface area (Å²) in [5.74, 6) is 1.99. The molecule has 5 heteroatoms. The maximum Gasteiger partial charge on any atom is 0.272 e. The van der Waals surface area contributed by atoms with Crippen molar-refractivity contribution in [3.63, 3.8) is 0 Å². The molecular weight excluding hydrogens is 252 g/mol. The Morgan fingerprint density at radius 1 is 1.50 bits per heavy atom. The van der Waals surface area contributed by atoms with E-state index in [1.165, 1.54) is 6.42 Å². The van der Waals surface area contributed by atoms with Crippen molar-refractivity contribution in [3.8, 4) is 0 Å². The summed E-state index contributed by atoms with van der Waals surface area (Å²) in [5, 5.41) is 3.22. The molecule has 1 aromatic heterocycles. The Hall–Kier alpha value is -1.65. The Morgan fingerprint density at radius 3 is 3.00 bits per heavy atom. The van der Waals surface area contributed by atoms with Gasteiger partial charge in [-0.15, -0.1) is 0 Å². The van der Waals surface area contributed by atoms with Crippen molar-refractivity contribution in [2.45, 2.75) is 40.0 Å². The van der Waals surface area contributed by atoms with Crippen LogP contribution < -0.4 is 5.32 Å². The van der Waals surface area contributed by atoms with Gasteiger partial charge in [0.25, 0.3) is 5.91 Å². The number of likely N-dealkylation sites (tertiary alicyclic amines) is 1. The number of nitrogens with one attached hydrogen (secondary N) is 1. The van der Waals surface area contributed by atoms with Crippen LogP contribution in [-0.2, 0) is 0 Å². The molecule has 1 fully saturated rings. The van der Waals surface area contributed by atoms with Gasteiger partial charge in [0.1, 0.15) is 17.3 Å². The molecule has 0 saturated carbocycles. The molecule has 1 aliphatic heterocycles. The minimum atomic E-state index is 0.0293. The van der Waals surface area contributed by atoms with Crippen LogP contribution in [0.4, 0.5) is 5.82 Å². The maximum atomic E-state index is 12.5. The molecule has 0 aliphatic carbocycles. The second-order valence-electron chi connectivity index (χ2n) is 5.61. The number of carbonyl (C=O) groups excluding carboxylic acids is 1. The van der Waals surface area contributed by atoms with Crippen molar-refractivity contribution in [1.29, 1.82) is 0 Å². The van der Waals surface area contributed by atoms with Crippen LogP contribution in [-0.4, -0.2) is 40.4 Å². The van der Waals surface area contributed by atoms with Crippen LogP contribution in [0.2, 0.25) is 0 Å². The lowest BCUT2D eigenvalue weighted by Crippen LogP contribution is -2.39. The van der Waals surface area contributed by atoms with E-state index in [1.807, 2.05) is 11.8 Å². The molecule has 1 N–H and O–H groups in total. The average molecular weight is 276 g/mol. The predicted molar refractivity (Wildman–Crippen MR) is 79.9 cm³/mol. The van der Waals surface area contributed by atoms with Gasteiger partial charge in [-0.1, -0.05) is 13.8 Å². The van der Waals surface area contributed by atoms with Crippen LogP contribution in [0, 0.1) is 12.8 Å². The lowest BCUT2D eigenvalue weighted by atomic mass is 10.00. The van der Waals surface area contributed by atoms with Crippen molar-refractivity contribution < 1.29 is 4.79 Å². The zero-order valence-corrected chi connectivity index (χ0v) is 12.6. The Morgan fingerprint density at radius 2 is 2.30 bits per heavy atom. The van der Waals surface area contributed by atoms with Gasteiger partial charge >= 0.3 is 0 Å². The van der Waals surface area contributed by atoms with Gasteiger partial charge in [0.2, 0.25) is 0 Å². The first kappa shape index (κ1) is 14.8. The van der Waals surface area contributed by atoms with Gasteiger partial charge in [-0.25, -0.2) is 9.97 Å².